The molecule has 1 aliphatic heterocycles. The molecule has 2 N–H and O–H groups in total. The van der Waals surface area contributed by atoms with Crippen LogP contribution in [-0.4, -0.2) is 65.8 Å². The number of rotatable bonds is 7. The molecule has 1 aromatic carbocycles. The average Bonchev–Trinajstić information content (AvgIpc) is 2.71. The van der Waals surface area contributed by atoms with Gasteiger partial charge >= 0.3 is 0 Å². The molecule has 30 heavy (non-hydrogen) atoms. The fraction of sp³-hybridized carbons (Fsp3) is 0.565. The van der Waals surface area contributed by atoms with E-state index in [0.717, 1.165) is 62.4 Å². The number of pyridine rings is 1. The van der Waals surface area contributed by atoms with E-state index >= 15 is 0 Å². The van der Waals surface area contributed by atoms with Crippen molar-refractivity contribution in [2.24, 2.45) is 5.92 Å². The first-order valence-corrected chi connectivity index (χ1v) is 11.2. The lowest BCUT2D eigenvalue weighted by molar-refractivity contribution is 0.0357. The molecular formula is C23H34N4O2S. The third-order valence-electron chi connectivity index (χ3n) is 5.64. The Bertz CT molecular complexity index is 935. The van der Waals surface area contributed by atoms with Gasteiger partial charge in [-0.25, -0.2) is 0 Å². The summed E-state index contributed by atoms with van der Waals surface area (Å²) in [5.74, 6) is 0.499. The summed E-state index contributed by atoms with van der Waals surface area (Å²) in [5, 5.41) is 5.13. The maximum absolute atomic E-state index is 12.8. The van der Waals surface area contributed by atoms with E-state index in [0.29, 0.717) is 17.6 Å². The Morgan fingerprint density at radius 1 is 1.23 bits per heavy atom. The predicted molar refractivity (Wildman–Crippen MR) is 127 cm³/mol. The quantitative estimate of drug-likeness (QED) is 0.659. The summed E-state index contributed by atoms with van der Waals surface area (Å²) >= 11 is 5.70. The molecule has 0 unspecified atom stereocenters. The standard InChI is InChI=1S/C23H34N4O2S/c1-16(2)14-24-23(30)27(6-5-26-7-9-29-10-8-26)15-20-13-19-11-17(3)18(4)12-21(19)25-22(20)28/h11-13,16H,5-10,14-15H2,1-4H3,(H,24,30)(H,25,28). The molecule has 0 saturated carbocycles. The van der Waals surface area contributed by atoms with Crippen LogP contribution in [0.2, 0.25) is 0 Å². The van der Waals surface area contributed by atoms with Crippen LogP contribution in [0.15, 0.2) is 23.0 Å². The highest BCUT2D eigenvalue weighted by Crippen LogP contribution is 2.18. The molecular weight excluding hydrogens is 396 g/mol. The van der Waals surface area contributed by atoms with Gasteiger partial charge in [0.15, 0.2) is 5.11 Å². The predicted octanol–water partition coefficient (Wildman–Crippen LogP) is 2.81. The molecule has 2 heterocycles. The number of thiocarbonyl (C=S) groups is 1. The zero-order chi connectivity index (χ0) is 21.7. The molecule has 0 atom stereocenters. The molecule has 164 valence electrons. The van der Waals surface area contributed by atoms with Crippen molar-refractivity contribution < 1.29 is 4.74 Å². The zero-order valence-corrected chi connectivity index (χ0v) is 19.4. The molecule has 2 aromatic rings. The minimum atomic E-state index is -0.0474. The number of aromatic amines is 1. The third-order valence-corrected chi connectivity index (χ3v) is 6.04. The van der Waals surface area contributed by atoms with Crippen LogP contribution in [0, 0.1) is 19.8 Å². The van der Waals surface area contributed by atoms with E-state index in [-0.39, 0.29) is 5.56 Å². The highest BCUT2D eigenvalue weighted by Gasteiger charge is 2.17. The number of hydrogen-bond acceptors (Lipinski definition) is 4. The van der Waals surface area contributed by atoms with Crippen LogP contribution in [0.1, 0.15) is 30.5 Å². The van der Waals surface area contributed by atoms with Crippen molar-refractivity contribution in [2.45, 2.75) is 34.2 Å². The molecule has 0 spiro atoms. The lowest BCUT2D eigenvalue weighted by Gasteiger charge is -2.31. The molecule has 0 radical (unpaired) electrons. The lowest BCUT2D eigenvalue weighted by atomic mass is 10.0. The van der Waals surface area contributed by atoms with Crippen LogP contribution < -0.4 is 10.9 Å². The van der Waals surface area contributed by atoms with Crippen LogP contribution in [0.25, 0.3) is 10.9 Å². The van der Waals surface area contributed by atoms with E-state index in [2.05, 4.69) is 53.9 Å². The number of H-pyrrole nitrogens is 1. The maximum Gasteiger partial charge on any atom is 0.253 e. The Morgan fingerprint density at radius 3 is 2.63 bits per heavy atom. The fourth-order valence-electron chi connectivity index (χ4n) is 3.59. The molecule has 1 saturated heterocycles. The molecule has 0 bridgehead atoms. The van der Waals surface area contributed by atoms with Gasteiger partial charge in [0.1, 0.15) is 0 Å². The second-order valence-corrected chi connectivity index (χ2v) is 8.99. The van der Waals surface area contributed by atoms with Crippen LogP contribution >= 0.6 is 12.2 Å². The van der Waals surface area contributed by atoms with E-state index in [1.165, 1.54) is 11.1 Å². The van der Waals surface area contributed by atoms with Gasteiger partial charge in [0.2, 0.25) is 0 Å². The largest absolute Gasteiger partial charge is 0.379 e. The van der Waals surface area contributed by atoms with Crippen LogP contribution in [0.5, 0.6) is 0 Å². The monoisotopic (exact) mass is 430 g/mol. The molecule has 0 aliphatic carbocycles. The van der Waals surface area contributed by atoms with Crippen molar-refractivity contribution in [3.8, 4) is 0 Å². The van der Waals surface area contributed by atoms with Crippen molar-refractivity contribution in [3.63, 3.8) is 0 Å². The van der Waals surface area contributed by atoms with Crippen LogP contribution in [0.4, 0.5) is 0 Å². The first-order chi connectivity index (χ1) is 14.3. The molecule has 6 nitrogen and oxygen atoms in total. The number of morpholine rings is 1. The first-order valence-electron chi connectivity index (χ1n) is 10.8. The summed E-state index contributed by atoms with van der Waals surface area (Å²) in [7, 11) is 0. The molecule has 1 aromatic heterocycles. The Balaban J connectivity index is 1.79. The van der Waals surface area contributed by atoms with Crippen LogP contribution in [-0.2, 0) is 11.3 Å². The summed E-state index contributed by atoms with van der Waals surface area (Å²) in [6.07, 6.45) is 0. The third kappa shape index (κ3) is 6.03. The minimum absolute atomic E-state index is 0.0474. The van der Waals surface area contributed by atoms with Crippen molar-refractivity contribution in [1.82, 2.24) is 20.1 Å². The number of nitrogens with zero attached hydrogens (tertiary/aromatic N) is 2. The minimum Gasteiger partial charge on any atom is -0.379 e. The van der Waals surface area contributed by atoms with Gasteiger partial charge in [0.05, 0.1) is 19.8 Å². The van der Waals surface area contributed by atoms with E-state index in [1.54, 1.807) is 0 Å². The molecule has 1 fully saturated rings. The van der Waals surface area contributed by atoms with Crippen LogP contribution in [0.3, 0.4) is 0 Å². The molecule has 0 amide bonds. The van der Waals surface area contributed by atoms with E-state index < -0.39 is 0 Å². The fourth-order valence-corrected chi connectivity index (χ4v) is 3.83. The molecule has 3 rings (SSSR count). The Morgan fingerprint density at radius 2 is 1.93 bits per heavy atom. The average molecular weight is 431 g/mol. The summed E-state index contributed by atoms with van der Waals surface area (Å²) in [5.41, 5.74) is 3.97. The van der Waals surface area contributed by atoms with Crippen molar-refractivity contribution >= 4 is 28.2 Å². The Hall–Kier alpha value is -1.96. The number of aromatic nitrogens is 1. The van der Waals surface area contributed by atoms with Gasteiger partial charge in [-0.2, -0.15) is 0 Å². The maximum atomic E-state index is 12.8. The SMILES string of the molecule is Cc1cc2cc(CN(CCN3CCOCC3)C(=S)NCC(C)C)c(=O)[nH]c2cc1C. The normalized spacial score (nSPS) is 15.0. The van der Waals surface area contributed by atoms with E-state index in [1.807, 2.05) is 12.1 Å². The van der Waals surface area contributed by atoms with Gasteiger partial charge in [-0.3, -0.25) is 9.69 Å². The molecule has 7 heteroatoms. The van der Waals surface area contributed by atoms with Gasteiger partial charge in [0.25, 0.3) is 5.56 Å². The van der Waals surface area contributed by atoms with Crippen molar-refractivity contribution in [3.05, 3.63) is 45.2 Å². The number of aryl methyl sites for hydroxylation is 2. The number of fused-ring (bicyclic) bond motifs is 1. The van der Waals surface area contributed by atoms with Gasteiger partial charge in [0, 0.05) is 43.8 Å². The Kier molecular flexibility index (Phi) is 7.86. The Labute approximate surface area is 184 Å². The van der Waals surface area contributed by atoms with Crippen molar-refractivity contribution in [2.75, 3.05) is 45.9 Å². The number of hydrogen-bond donors (Lipinski definition) is 2. The lowest BCUT2D eigenvalue weighted by Crippen LogP contribution is -2.46. The van der Waals surface area contributed by atoms with E-state index in [9.17, 15) is 4.79 Å². The summed E-state index contributed by atoms with van der Waals surface area (Å²) in [6, 6.07) is 6.19. The van der Waals surface area contributed by atoms with Crippen molar-refractivity contribution in [1.29, 1.82) is 0 Å². The van der Waals surface area contributed by atoms with Gasteiger partial charge in [-0.1, -0.05) is 13.8 Å². The van der Waals surface area contributed by atoms with Gasteiger partial charge < -0.3 is 19.9 Å². The topological polar surface area (TPSA) is 60.6 Å². The second kappa shape index (κ2) is 10.4. The highest BCUT2D eigenvalue weighted by molar-refractivity contribution is 7.80. The summed E-state index contributed by atoms with van der Waals surface area (Å²) in [6.45, 7) is 14.9. The highest BCUT2D eigenvalue weighted by atomic mass is 32.1. The number of benzene rings is 1. The van der Waals surface area contributed by atoms with E-state index in [4.69, 9.17) is 17.0 Å². The van der Waals surface area contributed by atoms with Gasteiger partial charge in [-0.15, -0.1) is 0 Å². The number of nitrogens with one attached hydrogen (secondary N) is 2. The number of ether oxygens (including phenoxy) is 1. The second-order valence-electron chi connectivity index (χ2n) is 8.60. The molecule has 1 aliphatic rings. The summed E-state index contributed by atoms with van der Waals surface area (Å²) in [4.78, 5) is 20.3. The smallest absolute Gasteiger partial charge is 0.253 e. The summed E-state index contributed by atoms with van der Waals surface area (Å²) < 4.78 is 5.45. The zero-order valence-electron chi connectivity index (χ0n) is 18.6. The van der Waals surface area contributed by atoms with Gasteiger partial charge in [-0.05, 0) is 66.7 Å². The first kappa shape index (κ1) is 22.7.